The maximum Gasteiger partial charge on any atom is 0.0662 e. The SMILES string of the molecule is CCC(O)CNC(C)CCO. The summed E-state index contributed by atoms with van der Waals surface area (Å²) in [6, 6.07) is 0.293. The van der Waals surface area contributed by atoms with Crippen molar-refractivity contribution in [1.29, 1.82) is 0 Å². The van der Waals surface area contributed by atoms with Crippen LogP contribution in [0, 0.1) is 0 Å². The molecule has 0 aromatic carbocycles. The molecule has 0 bridgehead atoms. The van der Waals surface area contributed by atoms with Crippen molar-refractivity contribution in [3.63, 3.8) is 0 Å². The van der Waals surface area contributed by atoms with Crippen LogP contribution in [0.3, 0.4) is 0 Å². The van der Waals surface area contributed by atoms with Gasteiger partial charge in [-0.15, -0.1) is 0 Å². The summed E-state index contributed by atoms with van der Waals surface area (Å²) < 4.78 is 0. The van der Waals surface area contributed by atoms with Crippen molar-refractivity contribution < 1.29 is 10.2 Å². The van der Waals surface area contributed by atoms with E-state index >= 15 is 0 Å². The van der Waals surface area contributed by atoms with Crippen LogP contribution in [0.25, 0.3) is 0 Å². The second kappa shape index (κ2) is 6.58. The Balaban J connectivity index is 3.22. The maximum atomic E-state index is 9.15. The lowest BCUT2D eigenvalue weighted by Gasteiger charge is -2.14. The van der Waals surface area contributed by atoms with Crippen molar-refractivity contribution in [3.05, 3.63) is 0 Å². The summed E-state index contributed by atoms with van der Waals surface area (Å²) >= 11 is 0. The van der Waals surface area contributed by atoms with Crippen LogP contribution in [-0.2, 0) is 0 Å². The van der Waals surface area contributed by atoms with Crippen LogP contribution >= 0.6 is 0 Å². The zero-order valence-electron chi connectivity index (χ0n) is 7.38. The molecule has 0 radical (unpaired) electrons. The van der Waals surface area contributed by atoms with Gasteiger partial charge in [-0.1, -0.05) is 6.92 Å². The first kappa shape index (κ1) is 10.9. The number of hydrogen-bond acceptors (Lipinski definition) is 3. The summed E-state index contributed by atoms with van der Waals surface area (Å²) in [5.74, 6) is 0. The number of nitrogens with one attached hydrogen (secondary N) is 1. The normalized spacial score (nSPS) is 16.4. The molecule has 0 aliphatic heterocycles. The van der Waals surface area contributed by atoms with Crippen LogP contribution in [0.15, 0.2) is 0 Å². The van der Waals surface area contributed by atoms with Gasteiger partial charge in [-0.3, -0.25) is 0 Å². The first-order valence-corrected chi connectivity index (χ1v) is 4.23. The third kappa shape index (κ3) is 6.28. The molecule has 3 heteroatoms. The van der Waals surface area contributed by atoms with Gasteiger partial charge in [-0.2, -0.15) is 0 Å². The van der Waals surface area contributed by atoms with Crippen LogP contribution in [0.1, 0.15) is 26.7 Å². The van der Waals surface area contributed by atoms with Crippen LogP contribution in [0.4, 0.5) is 0 Å². The van der Waals surface area contributed by atoms with Gasteiger partial charge in [0.25, 0.3) is 0 Å². The Morgan fingerprint density at radius 3 is 2.55 bits per heavy atom. The highest BCUT2D eigenvalue weighted by Gasteiger charge is 2.03. The van der Waals surface area contributed by atoms with Crippen LogP contribution in [-0.4, -0.2) is 35.5 Å². The van der Waals surface area contributed by atoms with Crippen molar-refractivity contribution in [1.82, 2.24) is 5.32 Å². The molecule has 11 heavy (non-hydrogen) atoms. The van der Waals surface area contributed by atoms with E-state index in [0.717, 1.165) is 12.8 Å². The third-order valence-electron chi connectivity index (χ3n) is 1.74. The summed E-state index contributed by atoms with van der Waals surface area (Å²) in [4.78, 5) is 0. The van der Waals surface area contributed by atoms with Gasteiger partial charge < -0.3 is 15.5 Å². The quantitative estimate of drug-likeness (QED) is 0.518. The molecule has 0 amide bonds. The topological polar surface area (TPSA) is 52.5 Å². The molecule has 0 rings (SSSR count). The molecule has 68 valence electrons. The predicted octanol–water partition coefficient (Wildman–Crippen LogP) is 0.118. The lowest BCUT2D eigenvalue weighted by molar-refractivity contribution is 0.160. The monoisotopic (exact) mass is 161 g/mol. The van der Waals surface area contributed by atoms with Crippen LogP contribution < -0.4 is 5.32 Å². The Morgan fingerprint density at radius 1 is 1.45 bits per heavy atom. The lowest BCUT2D eigenvalue weighted by Crippen LogP contribution is -2.33. The van der Waals surface area contributed by atoms with Gasteiger partial charge in [-0.25, -0.2) is 0 Å². The van der Waals surface area contributed by atoms with Gasteiger partial charge in [0.1, 0.15) is 0 Å². The summed E-state index contributed by atoms with van der Waals surface area (Å²) in [7, 11) is 0. The van der Waals surface area contributed by atoms with Gasteiger partial charge in [0.2, 0.25) is 0 Å². The highest BCUT2D eigenvalue weighted by molar-refractivity contribution is 4.63. The summed E-state index contributed by atoms with van der Waals surface area (Å²) in [5.41, 5.74) is 0. The highest BCUT2D eigenvalue weighted by Crippen LogP contribution is 1.91. The fourth-order valence-corrected chi connectivity index (χ4v) is 0.777. The Kier molecular flexibility index (Phi) is 6.51. The standard InChI is InChI=1S/C8H19NO2/c1-3-8(11)6-9-7(2)4-5-10/h7-11H,3-6H2,1-2H3. The zero-order chi connectivity index (χ0) is 8.69. The second-order valence-corrected chi connectivity index (χ2v) is 2.88. The predicted molar refractivity (Wildman–Crippen MR) is 45.5 cm³/mol. The summed E-state index contributed by atoms with van der Waals surface area (Å²) in [5, 5.41) is 20.8. The van der Waals surface area contributed by atoms with Gasteiger partial charge >= 0.3 is 0 Å². The molecular formula is C8H19NO2. The van der Waals surface area contributed by atoms with Gasteiger partial charge in [-0.05, 0) is 19.8 Å². The Hall–Kier alpha value is -0.120. The fraction of sp³-hybridized carbons (Fsp3) is 1.00. The van der Waals surface area contributed by atoms with E-state index in [1.54, 1.807) is 0 Å². The molecule has 0 saturated heterocycles. The molecule has 3 N–H and O–H groups in total. The van der Waals surface area contributed by atoms with Gasteiger partial charge in [0.15, 0.2) is 0 Å². The van der Waals surface area contributed by atoms with Crippen molar-refractivity contribution in [3.8, 4) is 0 Å². The van der Waals surface area contributed by atoms with Crippen molar-refractivity contribution in [2.24, 2.45) is 0 Å². The van der Waals surface area contributed by atoms with E-state index in [1.807, 2.05) is 13.8 Å². The van der Waals surface area contributed by atoms with Crippen molar-refractivity contribution >= 4 is 0 Å². The molecule has 3 nitrogen and oxygen atoms in total. The molecule has 2 unspecified atom stereocenters. The van der Waals surface area contributed by atoms with E-state index in [9.17, 15) is 0 Å². The van der Waals surface area contributed by atoms with Crippen molar-refractivity contribution in [2.45, 2.75) is 38.8 Å². The Morgan fingerprint density at radius 2 is 2.09 bits per heavy atom. The molecule has 0 spiro atoms. The van der Waals surface area contributed by atoms with E-state index in [4.69, 9.17) is 10.2 Å². The third-order valence-corrected chi connectivity index (χ3v) is 1.74. The average molecular weight is 161 g/mol. The van der Waals surface area contributed by atoms with Crippen molar-refractivity contribution in [2.75, 3.05) is 13.2 Å². The smallest absolute Gasteiger partial charge is 0.0662 e. The number of rotatable bonds is 6. The molecule has 0 aliphatic carbocycles. The lowest BCUT2D eigenvalue weighted by atomic mass is 10.2. The van der Waals surface area contributed by atoms with E-state index in [1.165, 1.54) is 0 Å². The minimum absolute atomic E-state index is 0.205. The van der Waals surface area contributed by atoms with E-state index in [-0.39, 0.29) is 12.7 Å². The molecule has 0 fully saturated rings. The number of aliphatic hydroxyl groups is 2. The average Bonchev–Trinajstić information content (AvgIpc) is 2.01. The molecule has 0 aliphatic rings. The Bertz CT molecular complexity index is 88.2. The minimum atomic E-state index is -0.254. The molecule has 2 atom stereocenters. The van der Waals surface area contributed by atoms with Crippen LogP contribution in [0.2, 0.25) is 0 Å². The minimum Gasteiger partial charge on any atom is -0.396 e. The summed E-state index contributed by atoms with van der Waals surface area (Å²) in [6.45, 7) is 4.77. The highest BCUT2D eigenvalue weighted by atomic mass is 16.3. The zero-order valence-corrected chi connectivity index (χ0v) is 7.38. The van der Waals surface area contributed by atoms with E-state index in [2.05, 4.69) is 5.32 Å². The second-order valence-electron chi connectivity index (χ2n) is 2.88. The number of aliphatic hydroxyl groups excluding tert-OH is 2. The molecule has 0 aromatic heterocycles. The molecule has 0 heterocycles. The van der Waals surface area contributed by atoms with Crippen LogP contribution in [0.5, 0.6) is 0 Å². The Labute approximate surface area is 68.4 Å². The fourth-order valence-electron chi connectivity index (χ4n) is 0.777. The first-order chi connectivity index (χ1) is 5.20. The van der Waals surface area contributed by atoms with Gasteiger partial charge in [0, 0.05) is 19.2 Å². The molecule has 0 saturated carbocycles. The largest absolute Gasteiger partial charge is 0.396 e. The number of hydrogen-bond donors (Lipinski definition) is 3. The molecule has 0 aromatic rings. The van der Waals surface area contributed by atoms with E-state index < -0.39 is 0 Å². The first-order valence-electron chi connectivity index (χ1n) is 4.23. The van der Waals surface area contributed by atoms with E-state index in [0.29, 0.717) is 12.6 Å². The summed E-state index contributed by atoms with van der Waals surface area (Å²) in [6.07, 6.45) is 1.27. The van der Waals surface area contributed by atoms with Gasteiger partial charge in [0.05, 0.1) is 6.10 Å². The molecular weight excluding hydrogens is 142 g/mol. The maximum absolute atomic E-state index is 9.15.